The molecule has 0 amide bonds. The minimum atomic E-state index is -0.0590. The summed E-state index contributed by atoms with van der Waals surface area (Å²) >= 11 is 6.12. The van der Waals surface area contributed by atoms with Gasteiger partial charge in [0.15, 0.2) is 0 Å². The second-order valence-electron chi connectivity index (χ2n) is 8.73. The fraction of sp³-hybridized carbons (Fsp3) is 0.520. The molecule has 2 aliphatic heterocycles. The van der Waals surface area contributed by atoms with Crippen molar-refractivity contribution in [3.05, 3.63) is 70.7 Å². The largest absolute Gasteiger partial charge is 0.378 e. The Labute approximate surface area is 185 Å². The summed E-state index contributed by atoms with van der Waals surface area (Å²) in [5.74, 6) is 0. The second kappa shape index (κ2) is 9.80. The summed E-state index contributed by atoms with van der Waals surface area (Å²) in [5, 5.41) is 4.33. The normalized spacial score (nSPS) is 30.3. The zero-order chi connectivity index (χ0) is 21.0. The fourth-order valence-electron chi connectivity index (χ4n) is 5.22. The molecule has 2 fully saturated rings. The van der Waals surface area contributed by atoms with Gasteiger partial charge in [-0.15, -0.1) is 0 Å². The Morgan fingerprint density at radius 3 is 2.63 bits per heavy atom. The van der Waals surface area contributed by atoms with Crippen LogP contribution in [0, 0.1) is 0 Å². The van der Waals surface area contributed by atoms with E-state index in [1.807, 2.05) is 19.2 Å². The lowest BCUT2D eigenvalue weighted by atomic mass is 9.76. The molecule has 1 N–H and O–H groups in total. The molecule has 2 aromatic carbocycles. The Morgan fingerprint density at radius 1 is 1.13 bits per heavy atom. The third kappa shape index (κ3) is 4.74. The lowest BCUT2D eigenvalue weighted by Gasteiger charge is -2.56. The second-order valence-corrected chi connectivity index (χ2v) is 9.16. The van der Waals surface area contributed by atoms with E-state index >= 15 is 0 Å². The molecule has 4 atom stereocenters. The summed E-state index contributed by atoms with van der Waals surface area (Å²) in [6.07, 6.45) is 3.34. The van der Waals surface area contributed by atoms with E-state index in [1.54, 1.807) is 0 Å². The standard InChI is InChI=1S/C25H33ClN2O2/c1-19-17-28(23(18-30-19)14-20-8-10-22(26)11-9-20)25(12-13-27-16-24(25)29-2)15-21-6-4-3-5-7-21/h3-11,19,23-24,27H,12-18H2,1-2H3/t19-,23-,24+,25-/m0/s1. The first kappa shape index (κ1) is 21.8. The van der Waals surface area contributed by atoms with Crippen molar-refractivity contribution in [2.24, 2.45) is 0 Å². The maximum atomic E-state index is 6.15. The number of hydrogen-bond donors (Lipinski definition) is 1. The third-order valence-electron chi connectivity index (χ3n) is 6.73. The van der Waals surface area contributed by atoms with Gasteiger partial charge in [0.05, 0.1) is 24.4 Å². The summed E-state index contributed by atoms with van der Waals surface area (Å²) in [6.45, 7) is 5.73. The van der Waals surface area contributed by atoms with Gasteiger partial charge in [-0.05, 0) is 56.0 Å². The number of hydrogen-bond acceptors (Lipinski definition) is 4. The van der Waals surface area contributed by atoms with Crippen LogP contribution in [0.1, 0.15) is 24.5 Å². The topological polar surface area (TPSA) is 33.7 Å². The molecular formula is C25H33ClN2O2. The number of morpholine rings is 1. The average molecular weight is 429 g/mol. The monoisotopic (exact) mass is 428 g/mol. The van der Waals surface area contributed by atoms with Crippen LogP contribution < -0.4 is 5.32 Å². The fourth-order valence-corrected chi connectivity index (χ4v) is 5.35. The van der Waals surface area contributed by atoms with Crippen LogP contribution >= 0.6 is 11.6 Å². The van der Waals surface area contributed by atoms with Gasteiger partial charge in [-0.2, -0.15) is 0 Å². The summed E-state index contributed by atoms with van der Waals surface area (Å²) in [4.78, 5) is 2.72. The highest BCUT2D eigenvalue weighted by molar-refractivity contribution is 6.30. The highest BCUT2D eigenvalue weighted by Gasteiger charge is 2.49. The van der Waals surface area contributed by atoms with Crippen molar-refractivity contribution in [3.8, 4) is 0 Å². The molecule has 162 valence electrons. The number of methoxy groups -OCH3 is 1. The van der Waals surface area contributed by atoms with Gasteiger partial charge in [0.1, 0.15) is 0 Å². The van der Waals surface area contributed by atoms with Crippen molar-refractivity contribution in [3.63, 3.8) is 0 Å². The molecule has 0 aliphatic carbocycles. The molecule has 0 radical (unpaired) electrons. The Morgan fingerprint density at radius 2 is 1.90 bits per heavy atom. The lowest BCUT2D eigenvalue weighted by molar-refractivity contribution is -0.147. The molecule has 4 nitrogen and oxygen atoms in total. The summed E-state index contributed by atoms with van der Waals surface area (Å²) < 4.78 is 12.3. The van der Waals surface area contributed by atoms with Crippen LogP contribution in [0.5, 0.6) is 0 Å². The van der Waals surface area contributed by atoms with Crippen molar-refractivity contribution >= 4 is 11.6 Å². The molecule has 4 rings (SSSR count). The van der Waals surface area contributed by atoms with Crippen molar-refractivity contribution < 1.29 is 9.47 Å². The van der Waals surface area contributed by atoms with E-state index in [0.29, 0.717) is 6.04 Å². The van der Waals surface area contributed by atoms with Gasteiger partial charge >= 0.3 is 0 Å². The zero-order valence-corrected chi connectivity index (χ0v) is 18.8. The molecule has 2 aliphatic rings. The number of piperidine rings is 1. The maximum Gasteiger partial charge on any atom is 0.0882 e. The van der Waals surface area contributed by atoms with Crippen molar-refractivity contribution in [1.82, 2.24) is 10.2 Å². The van der Waals surface area contributed by atoms with Gasteiger partial charge in [-0.25, -0.2) is 0 Å². The smallest absolute Gasteiger partial charge is 0.0882 e. The van der Waals surface area contributed by atoms with Crippen LogP contribution in [0.2, 0.25) is 5.02 Å². The number of benzene rings is 2. The number of halogens is 1. The Hall–Kier alpha value is -1.43. The number of nitrogens with zero attached hydrogens (tertiary/aromatic N) is 1. The van der Waals surface area contributed by atoms with E-state index in [4.69, 9.17) is 21.1 Å². The van der Waals surface area contributed by atoms with E-state index in [-0.39, 0.29) is 17.7 Å². The summed E-state index contributed by atoms with van der Waals surface area (Å²) in [6, 6.07) is 19.4. The molecule has 0 aromatic heterocycles. The van der Waals surface area contributed by atoms with Crippen LogP contribution in [0.3, 0.4) is 0 Å². The van der Waals surface area contributed by atoms with Crippen LogP contribution in [0.4, 0.5) is 0 Å². The zero-order valence-electron chi connectivity index (χ0n) is 18.0. The highest BCUT2D eigenvalue weighted by atomic mass is 35.5. The quantitative estimate of drug-likeness (QED) is 0.755. The molecule has 2 aromatic rings. The molecule has 0 saturated carbocycles. The van der Waals surface area contributed by atoms with Gasteiger partial charge in [0.25, 0.3) is 0 Å². The first-order valence-corrected chi connectivity index (χ1v) is 11.4. The van der Waals surface area contributed by atoms with E-state index in [9.17, 15) is 0 Å². The van der Waals surface area contributed by atoms with Gasteiger partial charge in [0, 0.05) is 31.3 Å². The molecule has 5 heteroatoms. The maximum absolute atomic E-state index is 6.15. The Bertz CT molecular complexity index is 801. The Balaban J connectivity index is 1.68. The molecule has 0 unspecified atom stereocenters. The van der Waals surface area contributed by atoms with Gasteiger partial charge in [-0.1, -0.05) is 54.1 Å². The molecule has 2 heterocycles. The van der Waals surface area contributed by atoms with Crippen molar-refractivity contribution in [2.45, 2.75) is 50.0 Å². The first-order valence-electron chi connectivity index (χ1n) is 11.0. The predicted octanol–water partition coefficient (Wildman–Crippen LogP) is 3.96. The molecule has 0 spiro atoms. The molecular weight excluding hydrogens is 396 g/mol. The van der Waals surface area contributed by atoms with Crippen LogP contribution in [0.25, 0.3) is 0 Å². The number of rotatable bonds is 6. The van der Waals surface area contributed by atoms with Crippen molar-refractivity contribution in [1.29, 1.82) is 0 Å². The Kier molecular flexibility index (Phi) is 7.12. The molecule has 30 heavy (non-hydrogen) atoms. The highest BCUT2D eigenvalue weighted by Crippen LogP contribution is 2.36. The van der Waals surface area contributed by atoms with E-state index in [2.05, 4.69) is 59.6 Å². The lowest BCUT2D eigenvalue weighted by Crippen LogP contribution is -2.70. The van der Waals surface area contributed by atoms with Crippen LogP contribution in [-0.2, 0) is 22.3 Å². The molecule has 0 bridgehead atoms. The molecule has 2 saturated heterocycles. The van der Waals surface area contributed by atoms with E-state index in [0.717, 1.165) is 50.5 Å². The predicted molar refractivity (Wildman–Crippen MR) is 122 cm³/mol. The van der Waals surface area contributed by atoms with Crippen LogP contribution in [0.15, 0.2) is 54.6 Å². The van der Waals surface area contributed by atoms with Crippen LogP contribution in [-0.4, -0.2) is 62.0 Å². The van der Waals surface area contributed by atoms with Crippen molar-refractivity contribution in [2.75, 3.05) is 33.4 Å². The third-order valence-corrected chi connectivity index (χ3v) is 6.98. The van der Waals surface area contributed by atoms with Gasteiger partial charge in [0.2, 0.25) is 0 Å². The summed E-state index contributed by atoms with van der Waals surface area (Å²) in [5.41, 5.74) is 2.60. The minimum absolute atomic E-state index is 0.0590. The van der Waals surface area contributed by atoms with Gasteiger partial charge < -0.3 is 14.8 Å². The van der Waals surface area contributed by atoms with E-state index in [1.165, 1.54) is 11.1 Å². The first-order chi connectivity index (χ1) is 14.6. The average Bonchev–Trinajstić information content (AvgIpc) is 2.77. The van der Waals surface area contributed by atoms with E-state index < -0.39 is 0 Å². The number of ether oxygens (including phenoxy) is 2. The van der Waals surface area contributed by atoms with Gasteiger partial charge in [-0.3, -0.25) is 4.90 Å². The number of nitrogens with one attached hydrogen (secondary N) is 1. The SMILES string of the molecule is CO[C@@H]1CNCC[C@@]1(Cc1ccccc1)N1C[C@H](C)OC[C@@H]1Cc1ccc(Cl)cc1. The summed E-state index contributed by atoms with van der Waals surface area (Å²) in [7, 11) is 1.86. The minimum Gasteiger partial charge on any atom is -0.378 e.